The number of benzene rings is 2. The number of hydrogen-bond acceptors (Lipinski definition) is 3. The number of aliphatic hydroxyl groups is 1. The van der Waals surface area contributed by atoms with E-state index in [4.69, 9.17) is 0 Å². The van der Waals surface area contributed by atoms with Gasteiger partial charge in [-0.3, -0.25) is 9.69 Å². The van der Waals surface area contributed by atoms with Crippen LogP contribution in [0.25, 0.3) is 17.0 Å². The molecule has 0 saturated carbocycles. The Bertz CT molecular complexity index is 1270. The first kappa shape index (κ1) is 26.5. The van der Waals surface area contributed by atoms with E-state index < -0.39 is 11.7 Å². The fourth-order valence-electron chi connectivity index (χ4n) is 6.13. The molecule has 0 radical (unpaired) electrons. The third-order valence-electron chi connectivity index (χ3n) is 8.27. The van der Waals surface area contributed by atoms with Crippen LogP contribution >= 0.6 is 0 Å². The van der Waals surface area contributed by atoms with Gasteiger partial charge >= 0.3 is 6.18 Å². The van der Waals surface area contributed by atoms with E-state index in [1.165, 1.54) is 34.7 Å². The molecular weight excluding hydrogens is 491 g/mol. The summed E-state index contributed by atoms with van der Waals surface area (Å²) < 4.78 is 38.8. The molecule has 2 aromatic carbocycles. The molecule has 2 saturated heterocycles. The maximum absolute atomic E-state index is 12.9. The number of rotatable bonds is 6. The van der Waals surface area contributed by atoms with Crippen molar-refractivity contribution in [1.29, 1.82) is 0 Å². The SMILES string of the molecule is O=C(/C=C/c1cccc(C(F)(F)F)c1)N1CCC(C(CO)N2CCC(c3c[nH]c4ccccc34)CC2)CC1. The number of nitrogens with one attached hydrogen (secondary N) is 1. The summed E-state index contributed by atoms with van der Waals surface area (Å²) in [5, 5.41) is 11.6. The van der Waals surface area contributed by atoms with Gasteiger partial charge in [0.05, 0.1) is 12.2 Å². The Morgan fingerprint density at radius 1 is 1.03 bits per heavy atom. The average molecular weight is 526 g/mol. The lowest BCUT2D eigenvalue weighted by Gasteiger charge is -2.43. The minimum absolute atomic E-state index is 0.0804. The fraction of sp³-hybridized carbons (Fsp3) is 0.433. The predicted octanol–water partition coefficient (Wildman–Crippen LogP) is 5.68. The van der Waals surface area contributed by atoms with Crippen LogP contribution in [-0.4, -0.2) is 64.6 Å². The number of aromatic nitrogens is 1. The van der Waals surface area contributed by atoms with Gasteiger partial charge < -0.3 is 15.0 Å². The highest BCUT2D eigenvalue weighted by molar-refractivity contribution is 5.91. The first-order valence-electron chi connectivity index (χ1n) is 13.4. The van der Waals surface area contributed by atoms with E-state index in [0.717, 1.165) is 50.9 Å². The summed E-state index contributed by atoms with van der Waals surface area (Å²) in [6.45, 7) is 3.14. The van der Waals surface area contributed by atoms with Gasteiger partial charge in [0.1, 0.15) is 0 Å². The Morgan fingerprint density at radius 2 is 1.76 bits per heavy atom. The van der Waals surface area contributed by atoms with Crippen molar-refractivity contribution < 1.29 is 23.1 Å². The summed E-state index contributed by atoms with van der Waals surface area (Å²) in [6.07, 6.45) is 4.24. The van der Waals surface area contributed by atoms with E-state index >= 15 is 0 Å². The number of para-hydroxylation sites is 1. The zero-order valence-electron chi connectivity index (χ0n) is 21.3. The van der Waals surface area contributed by atoms with Gasteiger partial charge in [-0.15, -0.1) is 0 Å². The summed E-state index contributed by atoms with van der Waals surface area (Å²) in [4.78, 5) is 20.2. The number of alkyl halides is 3. The molecule has 202 valence electrons. The number of nitrogens with zero attached hydrogens (tertiary/aromatic N) is 2. The number of aromatic amines is 1. The fourth-order valence-corrected chi connectivity index (χ4v) is 6.13. The highest BCUT2D eigenvalue weighted by Crippen LogP contribution is 2.35. The molecule has 0 spiro atoms. The number of H-pyrrole nitrogens is 1. The van der Waals surface area contributed by atoms with Crippen LogP contribution in [0.2, 0.25) is 0 Å². The van der Waals surface area contributed by atoms with E-state index in [0.29, 0.717) is 30.5 Å². The molecule has 8 heteroatoms. The molecule has 5 nitrogen and oxygen atoms in total. The molecule has 1 unspecified atom stereocenters. The molecule has 2 aliphatic rings. The summed E-state index contributed by atoms with van der Waals surface area (Å²) in [6, 6.07) is 13.4. The largest absolute Gasteiger partial charge is 0.416 e. The molecule has 2 N–H and O–H groups in total. The standard InChI is InChI=1S/C30H34F3N3O2/c31-30(32,33)24-5-3-4-21(18-24)8-9-29(38)36-16-12-23(13-17-36)28(20-37)35-14-10-22(11-15-35)26-19-34-27-7-2-1-6-25(26)27/h1-9,18-19,22-23,28,34,37H,10-17,20H2/b9-8+. The minimum atomic E-state index is -4.41. The molecule has 1 amide bonds. The monoisotopic (exact) mass is 525 g/mol. The number of amides is 1. The van der Waals surface area contributed by atoms with Crippen molar-refractivity contribution >= 4 is 22.9 Å². The van der Waals surface area contributed by atoms with Gasteiger partial charge in [-0.2, -0.15) is 13.2 Å². The quantitative estimate of drug-likeness (QED) is 0.407. The molecule has 3 heterocycles. The highest BCUT2D eigenvalue weighted by atomic mass is 19.4. The number of carbonyl (C=O) groups is 1. The smallest absolute Gasteiger partial charge is 0.395 e. The first-order valence-corrected chi connectivity index (χ1v) is 13.4. The van der Waals surface area contributed by atoms with Crippen LogP contribution in [-0.2, 0) is 11.0 Å². The third-order valence-corrected chi connectivity index (χ3v) is 8.27. The van der Waals surface area contributed by atoms with Crippen LogP contribution in [0.3, 0.4) is 0 Å². The van der Waals surface area contributed by atoms with Crippen molar-refractivity contribution in [2.75, 3.05) is 32.8 Å². The van der Waals surface area contributed by atoms with Gasteiger partial charge in [0.2, 0.25) is 5.91 Å². The summed E-state index contributed by atoms with van der Waals surface area (Å²) >= 11 is 0. The zero-order chi connectivity index (χ0) is 26.7. The van der Waals surface area contributed by atoms with Crippen molar-refractivity contribution in [3.8, 4) is 0 Å². The Morgan fingerprint density at radius 3 is 2.47 bits per heavy atom. The lowest BCUT2D eigenvalue weighted by atomic mass is 9.84. The number of carbonyl (C=O) groups excluding carboxylic acids is 1. The molecular formula is C30H34F3N3O2. The lowest BCUT2D eigenvalue weighted by Crippen LogP contribution is -2.50. The number of aliphatic hydroxyl groups excluding tert-OH is 1. The van der Waals surface area contributed by atoms with E-state index in [1.807, 2.05) is 6.07 Å². The van der Waals surface area contributed by atoms with Crippen LogP contribution in [0.1, 0.15) is 48.3 Å². The van der Waals surface area contributed by atoms with Crippen molar-refractivity contribution in [1.82, 2.24) is 14.8 Å². The van der Waals surface area contributed by atoms with E-state index in [-0.39, 0.29) is 18.6 Å². The zero-order valence-corrected chi connectivity index (χ0v) is 21.3. The van der Waals surface area contributed by atoms with Crippen LogP contribution in [0, 0.1) is 5.92 Å². The summed E-state index contributed by atoms with van der Waals surface area (Å²) in [5.41, 5.74) is 2.17. The maximum Gasteiger partial charge on any atom is 0.416 e. The molecule has 3 aromatic rings. The molecule has 5 rings (SSSR count). The van der Waals surface area contributed by atoms with E-state index in [9.17, 15) is 23.1 Å². The average Bonchev–Trinajstić information content (AvgIpc) is 3.37. The number of piperidine rings is 2. The van der Waals surface area contributed by atoms with E-state index in [1.54, 1.807) is 11.0 Å². The first-order chi connectivity index (χ1) is 18.3. The number of likely N-dealkylation sites (tertiary alicyclic amines) is 2. The molecule has 0 aliphatic carbocycles. The summed E-state index contributed by atoms with van der Waals surface area (Å²) in [7, 11) is 0. The van der Waals surface area contributed by atoms with Crippen LogP contribution in [0.4, 0.5) is 13.2 Å². The molecule has 38 heavy (non-hydrogen) atoms. The van der Waals surface area contributed by atoms with Gasteiger partial charge in [0, 0.05) is 42.3 Å². The second kappa shape index (κ2) is 11.3. The minimum Gasteiger partial charge on any atom is -0.395 e. The Hall–Kier alpha value is -3.10. The third kappa shape index (κ3) is 5.81. The van der Waals surface area contributed by atoms with Crippen molar-refractivity contribution in [2.24, 2.45) is 5.92 Å². The number of hydrogen-bond donors (Lipinski definition) is 2. The molecule has 2 aliphatic heterocycles. The highest BCUT2D eigenvalue weighted by Gasteiger charge is 2.34. The molecule has 2 fully saturated rings. The van der Waals surface area contributed by atoms with Gasteiger partial charge in [-0.05, 0) is 86.0 Å². The summed E-state index contributed by atoms with van der Waals surface area (Å²) in [5.74, 6) is 0.618. The van der Waals surface area contributed by atoms with Crippen LogP contribution in [0.15, 0.2) is 60.8 Å². The van der Waals surface area contributed by atoms with Gasteiger partial charge in [0.15, 0.2) is 0 Å². The normalized spacial score (nSPS) is 19.4. The molecule has 1 aromatic heterocycles. The maximum atomic E-state index is 12.9. The Kier molecular flexibility index (Phi) is 7.91. The van der Waals surface area contributed by atoms with Crippen molar-refractivity contribution in [3.63, 3.8) is 0 Å². The lowest BCUT2D eigenvalue weighted by molar-refractivity contribution is -0.137. The predicted molar refractivity (Wildman–Crippen MR) is 143 cm³/mol. The van der Waals surface area contributed by atoms with Gasteiger partial charge in [-0.1, -0.05) is 30.3 Å². The number of fused-ring (bicyclic) bond motifs is 1. The molecule has 1 atom stereocenters. The topological polar surface area (TPSA) is 59.6 Å². The van der Waals surface area contributed by atoms with E-state index in [2.05, 4.69) is 34.3 Å². The molecule has 0 bridgehead atoms. The van der Waals surface area contributed by atoms with Crippen molar-refractivity contribution in [3.05, 3.63) is 77.5 Å². The second-order valence-corrected chi connectivity index (χ2v) is 10.5. The Labute approximate surface area is 220 Å². The van der Waals surface area contributed by atoms with Crippen LogP contribution in [0.5, 0.6) is 0 Å². The second-order valence-electron chi connectivity index (χ2n) is 10.5. The van der Waals surface area contributed by atoms with Crippen LogP contribution < -0.4 is 0 Å². The van der Waals surface area contributed by atoms with Gasteiger partial charge in [-0.25, -0.2) is 0 Å². The van der Waals surface area contributed by atoms with Crippen molar-refractivity contribution in [2.45, 2.75) is 43.8 Å². The Balaban J connectivity index is 1.13. The number of halogens is 3. The van der Waals surface area contributed by atoms with Gasteiger partial charge in [0.25, 0.3) is 0 Å².